The third-order valence-corrected chi connectivity index (χ3v) is 3.88. The summed E-state index contributed by atoms with van der Waals surface area (Å²) in [6.45, 7) is 2.49. The van der Waals surface area contributed by atoms with Gasteiger partial charge in [0.1, 0.15) is 0 Å². The molecular formula is C18H36O8P+. The Morgan fingerprint density at radius 1 is 0.852 bits per heavy atom. The molecule has 1 unspecified atom stereocenters. The fraction of sp³-hybridized carbons (Fsp3) is 0.889. The van der Waals surface area contributed by atoms with Gasteiger partial charge >= 0.3 is 20.2 Å². The Hall–Kier alpha value is -1.08. The zero-order chi connectivity index (χ0) is 20.9. The number of aliphatic hydroxyl groups is 1. The first kappa shape index (κ1) is 28.1. The van der Waals surface area contributed by atoms with E-state index >= 15 is 0 Å². The fourth-order valence-electron chi connectivity index (χ4n) is 2.46. The van der Waals surface area contributed by atoms with Crippen LogP contribution >= 0.6 is 8.25 Å². The molecule has 0 bridgehead atoms. The summed E-state index contributed by atoms with van der Waals surface area (Å²) in [7, 11) is -2.87. The van der Waals surface area contributed by atoms with Crippen LogP contribution in [0.3, 0.4) is 0 Å². The van der Waals surface area contributed by atoms with E-state index in [1.54, 1.807) is 0 Å². The highest BCUT2D eigenvalue weighted by atomic mass is 31.1. The van der Waals surface area contributed by atoms with E-state index < -0.39 is 32.7 Å². The third kappa shape index (κ3) is 27.2. The summed E-state index contributed by atoms with van der Waals surface area (Å²) in [4.78, 5) is 35.8. The first-order chi connectivity index (χ1) is 12.8. The van der Waals surface area contributed by atoms with E-state index in [1.165, 1.54) is 57.8 Å². The topological polar surface area (TPSA) is 141 Å². The summed E-state index contributed by atoms with van der Waals surface area (Å²) >= 11 is 0. The number of ether oxygens (including phenoxy) is 1. The minimum absolute atomic E-state index is 0.257. The van der Waals surface area contributed by atoms with Gasteiger partial charge in [0.2, 0.25) is 0 Å². The van der Waals surface area contributed by atoms with Crippen LogP contribution in [-0.4, -0.2) is 44.6 Å². The third-order valence-electron chi connectivity index (χ3n) is 3.88. The Balaban J connectivity index is 0. The summed E-state index contributed by atoms with van der Waals surface area (Å²) in [5.74, 6) is -2.05. The number of rotatable bonds is 16. The molecule has 0 aliphatic heterocycles. The Bertz CT molecular complexity index is 386. The Morgan fingerprint density at radius 3 is 1.59 bits per heavy atom. The predicted octanol–water partition coefficient (Wildman–Crippen LogP) is 3.69. The molecule has 0 aliphatic rings. The molecule has 0 aliphatic carbocycles. The summed E-state index contributed by atoms with van der Waals surface area (Å²) in [5.41, 5.74) is 0. The van der Waals surface area contributed by atoms with Gasteiger partial charge in [-0.15, -0.1) is 9.79 Å². The lowest BCUT2D eigenvalue weighted by Gasteiger charge is -2.08. The van der Waals surface area contributed by atoms with Crippen molar-refractivity contribution in [2.75, 3.05) is 6.61 Å². The number of hydrogen-bond donors (Lipinski definition) is 4. The van der Waals surface area contributed by atoms with Crippen molar-refractivity contribution in [2.45, 2.75) is 96.5 Å². The van der Waals surface area contributed by atoms with E-state index in [9.17, 15) is 14.7 Å². The number of carbonyl (C=O) groups excluding carboxylic acids is 1. The van der Waals surface area contributed by atoms with Crippen LogP contribution in [0.15, 0.2) is 0 Å². The second-order valence-corrected chi connectivity index (χ2v) is 6.93. The molecule has 1 atom stereocenters. The highest BCUT2D eigenvalue weighted by Crippen LogP contribution is 2.12. The van der Waals surface area contributed by atoms with Gasteiger partial charge in [-0.1, -0.05) is 77.6 Å². The van der Waals surface area contributed by atoms with Crippen molar-refractivity contribution in [3.63, 3.8) is 0 Å². The van der Waals surface area contributed by atoms with Gasteiger partial charge in [-0.25, -0.2) is 4.79 Å². The lowest BCUT2D eigenvalue weighted by molar-refractivity contribution is -0.158. The first-order valence-electron chi connectivity index (χ1n) is 9.72. The molecule has 0 rings (SSSR count). The maximum Gasteiger partial charge on any atom is 0.692 e. The second-order valence-electron chi connectivity index (χ2n) is 6.42. The first-order valence-corrected chi connectivity index (χ1v) is 10.9. The van der Waals surface area contributed by atoms with Gasteiger partial charge in [-0.3, -0.25) is 4.79 Å². The van der Waals surface area contributed by atoms with Gasteiger partial charge in [0.25, 0.3) is 0 Å². The van der Waals surface area contributed by atoms with Crippen LogP contribution in [0.25, 0.3) is 0 Å². The molecule has 0 saturated carbocycles. The average molecular weight is 411 g/mol. The second kappa shape index (κ2) is 21.2. The highest BCUT2D eigenvalue weighted by Gasteiger charge is 2.19. The van der Waals surface area contributed by atoms with Crippen molar-refractivity contribution < 1.29 is 38.9 Å². The monoisotopic (exact) mass is 411 g/mol. The van der Waals surface area contributed by atoms with Crippen LogP contribution in [0.2, 0.25) is 0 Å². The SMILES string of the molecule is CCCCCCCCCCCCCCOC(=O)C(O)CC(=O)O.O=[P+](O)O. The van der Waals surface area contributed by atoms with E-state index in [0.29, 0.717) is 0 Å². The van der Waals surface area contributed by atoms with Gasteiger partial charge < -0.3 is 14.9 Å². The minimum Gasteiger partial charge on any atom is -0.481 e. The normalized spacial score (nSPS) is 11.3. The smallest absolute Gasteiger partial charge is 0.481 e. The molecule has 0 aromatic heterocycles. The van der Waals surface area contributed by atoms with Crippen molar-refractivity contribution in [2.24, 2.45) is 0 Å². The van der Waals surface area contributed by atoms with Crippen LogP contribution in [0.4, 0.5) is 0 Å². The van der Waals surface area contributed by atoms with Gasteiger partial charge in [0.15, 0.2) is 6.10 Å². The van der Waals surface area contributed by atoms with Crippen molar-refractivity contribution in [3.8, 4) is 0 Å². The van der Waals surface area contributed by atoms with Gasteiger partial charge in [0.05, 0.1) is 13.0 Å². The van der Waals surface area contributed by atoms with E-state index in [-0.39, 0.29) is 6.61 Å². The van der Waals surface area contributed by atoms with Crippen molar-refractivity contribution >= 4 is 20.2 Å². The van der Waals surface area contributed by atoms with E-state index in [1.807, 2.05) is 0 Å². The molecule has 4 N–H and O–H groups in total. The van der Waals surface area contributed by atoms with Gasteiger partial charge in [-0.05, 0) is 6.42 Å². The molecular weight excluding hydrogens is 375 g/mol. The number of aliphatic carboxylic acids is 1. The standard InChI is InChI=1S/C18H34O5.HO3P/c1-2-3-4-5-6-7-8-9-10-11-12-13-14-23-18(22)16(19)15-17(20)21;1-4(2)3/h16,19H,2-15H2,1H3,(H,20,21);(H-,1,2,3)/p+1. The van der Waals surface area contributed by atoms with Crippen LogP contribution in [0.1, 0.15) is 90.4 Å². The lowest BCUT2D eigenvalue weighted by Crippen LogP contribution is -2.26. The van der Waals surface area contributed by atoms with Crippen molar-refractivity contribution in [1.29, 1.82) is 0 Å². The molecule has 0 heterocycles. The van der Waals surface area contributed by atoms with E-state index in [2.05, 4.69) is 6.92 Å². The molecule has 0 aromatic carbocycles. The predicted molar refractivity (Wildman–Crippen MR) is 102 cm³/mol. The van der Waals surface area contributed by atoms with Crippen LogP contribution < -0.4 is 0 Å². The molecule has 27 heavy (non-hydrogen) atoms. The molecule has 0 fully saturated rings. The molecule has 0 spiro atoms. The highest BCUT2D eigenvalue weighted by molar-refractivity contribution is 7.30. The number of aliphatic hydroxyl groups excluding tert-OH is 1. The Kier molecular flexibility index (Phi) is 22.1. The number of carbonyl (C=O) groups is 2. The summed E-state index contributed by atoms with van der Waals surface area (Å²) in [6.07, 6.45) is 12.6. The zero-order valence-electron chi connectivity index (χ0n) is 16.3. The molecule has 0 aromatic rings. The quantitative estimate of drug-likeness (QED) is 0.171. The molecule has 0 saturated heterocycles. The van der Waals surface area contributed by atoms with E-state index in [4.69, 9.17) is 24.2 Å². The van der Waals surface area contributed by atoms with Gasteiger partial charge in [0, 0.05) is 4.57 Å². The number of unbranched alkanes of at least 4 members (excludes halogenated alkanes) is 11. The van der Waals surface area contributed by atoms with Crippen LogP contribution in [-0.2, 0) is 18.9 Å². The maximum absolute atomic E-state index is 11.2. The summed E-state index contributed by atoms with van der Waals surface area (Å²) in [5, 5.41) is 17.7. The average Bonchev–Trinajstić information content (AvgIpc) is 2.57. The van der Waals surface area contributed by atoms with Crippen molar-refractivity contribution in [1.82, 2.24) is 0 Å². The molecule has 8 nitrogen and oxygen atoms in total. The number of hydrogen-bond acceptors (Lipinski definition) is 5. The lowest BCUT2D eigenvalue weighted by atomic mass is 10.1. The number of esters is 1. The summed E-state index contributed by atoms with van der Waals surface area (Å²) < 4.78 is 13.5. The molecule has 0 radical (unpaired) electrons. The van der Waals surface area contributed by atoms with Gasteiger partial charge in [-0.2, -0.15) is 0 Å². The van der Waals surface area contributed by atoms with Crippen LogP contribution in [0, 0.1) is 0 Å². The summed E-state index contributed by atoms with van der Waals surface area (Å²) in [6, 6.07) is 0. The Morgan fingerprint density at radius 2 is 1.22 bits per heavy atom. The Labute approximate surface area is 162 Å². The largest absolute Gasteiger partial charge is 0.692 e. The fourth-order valence-corrected chi connectivity index (χ4v) is 2.46. The van der Waals surface area contributed by atoms with E-state index in [0.717, 1.165) is 19.3 Å². The zero-order valence-corrected chi connectivity index (χ0v) is 17.2. The number of carboxylic acid groups (broad SMARTS) is 1. The number of carboxylic acids is 1. The molecule has 9 heteroatoms. The maximum atomic E-state index is 11.2. The molecule has 0 amide bonds. The van der Waals surface area contributed by atoms with Crippen LogP contribution in [0.5, 0.6) is 0 Å². The van der Waals surface area contributed by atoms with Crippen molar-refractivity contribution in [3.05, 3.63) is 0 Å². The molecule has 160 valence electrons. The minimum atomic E-state index is -2.87.